The molecule has 8 rings (SSSR count). The van der Waals surface area contributed by atoms with Crippen LogP contribution in [0.1, 0.15) is 87.0 Å². The van der Waals surface area contributed by atoms with Crippen molar-refractivity contribution in [2.75, 3.05) is 14.2 Å². The van der Waals surface area contributed by atoms with E-state index in [9.17, 15) is 60.7 Å². The van der Waals surface area contributed by atoms with Crippen molar-refractivity contribution in [1.29, 1.82) is 0 Å². The number of ketones is 2. The topological polar surface area (TPSA) is 347 Å². The minimum absolute atomic E-state index is 0.0123. The maximum atomic E-state index is 14.3. The van der Waals surface area contributed by atoms with Crippen LogP contribution in [-0.4, -0.2) is 224 Å². The average Bonchev–Trinajstić information content (AvgIpc) is 3.36. The number of rotatable bonds is 16. The summed E-state index contributed by atoms with van der Waals surface area (Å²) >= 11 is 0. The highest BCUT2D eigenvalue weighted by Gasteiger charge is 2.52. The predicted octanol–water partition coefficient (Wildman–Crippen LogP) is 0.0275. The first-order valence-electron chi connectivity index (χ1n) is 26.3. The number of aliphatic hydroxyl groups excluding tert-OH is 10. The Morgan fingerprint density at radius 3 is 1.61 bits per heavy atom. The molecule has 0 aromatic carbocycles. The standard InChI is InChI=1S/C52H78O24/c1-18-30(72-36-15-31(44(59)21(4)68-36)73-34-13-28(54)43(58)20(3)67-34)12-26-10-25-11-27(51(66-9)49(64)42(57)19(2)53)52(48(63)40(25)47(62)39(26)41(18)56)76-38-17-33(46(61)23(6)70-38)75-37-16-32(45(60)22(5)69-37)74-35-14-29(55)50(65-8)24(7)71-35/h10,12,18-25,27-29,31-38,42-46,50-55,57-63H,11,13-17H2,1-9H3. The van der Waals surface area contributed by atoms with E-state index in [1.807, 2.05) is 0 Å². The maximum absolute atomic E-state index is 14.3. The molecule has 0 saturated carbocycles. The molecule has 24 heteroatoms. The Hall–Kier alpha value is -3.06. The van der Waals surface area contributed by atoms with Crippen LogP contribution >= 0.6 is 0 Å². The Labute approximate surface area is 440 Å². The highest BCUT2D eigenvalue weighted by atomic mass is 16.7. The molecular formula is C52H78O24. The van der Waals surface area contributed by atoms with E-state index in [1.165, 1.54) is 21.1 Å². The van der Waals surface area contributed by atoms with Crippen LogP contribution in [0.2, 0.25) is 0 Å². The zero-order chi connectivity index (χ0) is 55.3. The van der Waals surface area contributed by atoms with Gasteiger partial charge in [-0.25, -0.2) is 0 Å². The van der Waals surface area contributed by atoms with E-state index in [0.717, 1.165) is 0 Å². The number of hydrogen-bond acceptors (Lipinski definition) is 24. The number of Topliss-reactive ketones (excluding diaryl/α,β-unsaturated/α-hetero) is 2. The van der Waals surface area contributed by atoms with Gasteiger partial charge in [0.15, 0.2) is 36.7 Å². The SMILES string of the molecule is COC(C(=O)C(O)C(C)O)C1CC2C=C3C=C(OC4CC(OC5CC(O)C(O)C(C)O5)C(O)C(C)O4)C(C)C(=O)C3=C(O)C2=C(O)C1OC1CC(OC2CC(OC3CC(O)C(OC)C(C)O3)C(O)C(C)O2)C(O)C(C)O1. The zero-order valence-corrected chi connectivity index (χ0v) is 44.2. The second kappa shape index (κ2) is 24.3. The van der Waals surface area contributed by atoms with Gasteiger partial charge in [-0.3, -0.25) is 9.59 Å². The van der Waals surface area contributed by atoms with Crippen LogP contribution in [-0.2, 0) is 66.4 Å². The molecule has 0 radical (unpaired) electrons. The van der Waals surface area contributed by atoms with E-state index >= 15 is 0 Å². The summed E-state index contributed by atoms with van der Waals surface area (Å²) in [6.07, 6.45) is -22.6. The lowest BCUT2D eigenvalue weighted by Gasteiger charge is -2.46. The van der Waals surface area contributed by atoms with Crippen LogP contribution in [0.15, 0.2) is 46.1 Å². The number of carbonyl (C=O) groups excluding carboxylic acids is 2. The van der Waals surface area contributed by atoms with Crippen molar-refractivity contribution in [3.63, 3.8) is 0 Å². The molecule has 76 heavy (non-hydrogen) atoms. The van der Waals surface area contributed by atoms with Crippen molar-refractivity contribution < 1.29 is 117 Å². The summed E-state index contributed by atoms with van der Waals surface area (Å²) in [4.78, 5) is 28.3. The Bertz CT molecular complexity index is 2160. The van der Waals surface area contributed by atoms with E-state index in [0.29, 0.717) is 0 Å². The number of aliphatic hydroxyl groups is 10. The molecule has 3 aliphatic carbocycles. The quantitative estimate of drug-likeness (QED) is 0.0974. The molecule has 24 nitrogen and oxygen atoms in total. The van der Waals surface area contributed by atoms with Gasteiger partial charge in [-0.2, -0.15) is 0 Å². The first-order chi connectivity index (χ1) is 35.9. The summed E-state index contributed by atoms with van der Waals surface area (Å²) in [5.74, 6) is -5.56. The molecule has 0 bridgehead atoms. The number of ether oxygens (including phenoxy) is 12. The van der Waals surface area contributed by atoms with E-state index in [1.54, 1.807) is 53.7 Å². The third kappa shape index (κ3) is 12.2. The first-order valence-corrected chi connectivity index (χ1v) is 26.3. The summed E-state index contributed by atoms with van der Waals surface area (Å²) in [6.45, 7) is 10.9. The third-order valence-corrected chi connectivity index (χ3v) is 16.1. The summed E-state index contributed by atoms with van der Waals surface area (Å²) in [6, 6.07) is 0. The van der Waals surface area contributed by atoms with Crippen LogP contribution in [0.4, 0.5) is 0 Å². The van der Waals surface area contributed by atoms with Gasteiger partial charge in [0.05, 0.1) is 78.6 Å². The Morgan fingerprint density at radius 2 is 1.11 bits per heavy atom. The van der Waals surface area contributed by atoms with Gasteiger partial charge in [0, 0.05) is 63.7 Å². The molecule has 8 aliphatic rings. The van der Waals surface area contributed by atoms with Crippen molar-refractivity contribution in [2.24, 2.45) is 17.8 Å². The van der Waals surface area contributed by atoms with E-state index in [4.69, 9.17) is 56.8 Å². The maximum Gasteiger partial charge on any atom is 0.202 e. The van der Waals surface area contributed by atoms with E-state index in [-0.39, 0.29) is 61.0 Å². The molecule has 5 saturated heterocycles. The number of carbonyl (C=O) groups is 2. The lowest BCUT2D eigenvalue weighted by Crippen LogP contribution is -2.56. The number of fused-ring (bicyclic) bond motifs is 2. The second-order valence-corrected chi connectivity index (χ2v) is 21.6. The van der Waals surface area contributed by atoms with E-state index in [2.05, 4.69) is 0 Å². The minimum Gasteiger partial charge on any atom is -0.509 e. The number of hydrogen-bond donors (Lipinski definition) is 10. The number of methoxy groups -OCH3 is 2. The van der Waals surface area contributed by atoms with Gasteiger partial charge in [0.1, 0.15) is 66.1 Å². The molecule has 27 atom stereocenters. The molecule has 10 N–H and O–H groups in total. The molecule has 430 valence electrons. The molecule has 0 spiro atoms. The summed E-state index contributed by atoms with van der Waals surface area (Å²) in [5.41, 5.74) is 0.00892. The molecule has 5 fully saturated rings. The van der Waals surface area contributed by atoms with Crippen LogP contribution in [0.5, 0.6) is 0 Å². The average molecular weight is 1090 g/mol. The third-order valence-electron chi connectivity index (χ3n) is 16.1. The van der Waals surface area contributed by atoms with Gasteiger partial charge in [0.2, 0.25) is 6.29 Å². The van der Waals surface area contributed by atoms with Crippen molar-refractivity contribution in [1.82, 2.24) is 0 Å². The fourth-order valence-electron chi connectivity index (χ4n) is 11.7. The van der Waals surface area contributed by atoms with Gasteiger partial charge in [-0.1, -0.05) is 6.08 Å². The Morgan fingerprint density at radius 1 is 0.632 bits per heavy atom. The van der Waals surface area contributed by atoms with Crippen molar-refractivity contribution >= 4 is 11.6 Å². The normalized spacial score (nSPS) is 45.5. The van der Waals surface area contributed by atoms with Gasteiger partial charge < -0.3 is 108 Å². The summed E-state index contributed by atoms with van der Waals surface area (Å²) in [5, 5.41) is 110. The Balaban J connectivity index is 1.03. The van der Waals surface area contributed by atoms with Crippen LogP contribution in [0.25, 0.3) is 0 Å². The lowest BCUT2D eigenvalue weighted by molar-refractivity contribution is -0.330. The van der Waals surface area contributed by atoms with Gasteiger partial charge in [-0.15, -0.1) is 0 Å². The fraction of sp³-hybridized carbons (Fsp3) is 0.808. The van der Waals surface area contributed by atoms with Gasteiger partial charge >= 0.3 is 0 Å². The van der Waals surface area contributed by atoms with Crippen molar-refractivity contribution in [3.05, 3.63) is 46.1 Å². The molecular weight excluding hydrogens is 1010 g/mol. The van der Waals surface area contributed by atoms with Crippen molar-refractivity contribution in [3.8, 4) is 0 Å². The Kier molecular flexibility index (Phi) is 18.9. The predicted molar refractivity (Wildman–Crippen MR) is 257 cm³/mol. The first kappa shape index (κ1) is 59.1. The molecule has 0 aromatic rings. The highest BCUT2D eigenvalue weighted by molar-refractivity contribution is 6.06. The molecule has 0 amide bonds. The van der Waals surface area contributed by atoms with Gasteiger partial charge in [-0.05, 0) is 66.5 Å². The lowest BCUT2D eigenvalue weighted by atomic mass is 9.68. The number of allylic oxidation sites excluding steroid dienone is 6. The largest absolute Gasteiger partial charge is 0.509 e. The van der Waals surface area contributed by atoms with Crippen LogP contribution in [0, 0.1) is 17.8 Å². The van der Waals surface area contributed by atoms with Crippen LogP contribution in [0.3, 0.4) is 0 Å². The van der Waals surface area contributed by atoms with Gasteiger partial charge in [0.25, 0.3) is 0 Å². The summed E-state index contributed by atoms with van der Waals surface area (Å²) in [7, 11) is 2.68. The summed E-state index contributed by atoms with van der Waals surface area (Å²) < 4.78 is 72.3. The monoisotopic (exact) mass is 1090 g/mol. The smallest absolute Gasteiger partial charge is 0.202 e. The molecule has 27 unspecified atom stereocenters. The minimum atomic E-state index is -1.92. The second-order valence-electron chi connectivity index (χ2n) is 21.6. The molecule has 5 aliphatic heterocycles. The highest BCUT2D eigenvalue weighted by Crippen LogP contribution is 2.49. The van der Waals surface area contributed by atoms with Crippen LogP contribution < -0.4 is 0 Å². The molecule has 0 aromatic heterocycles. The molecule has 5 heterocycles. The zero-order valence-electron chi connectivity index (χ0n) is 44.2. The van der Waals surface area contributed by atoms with Crippen molar-refractivity contribution in [2.45, 2.75) is 234 Å². The fourth-order valence-corrected chi connectivity index (χ4v) is 11.7. The van der Waals surface area contributed by atoms with E-state index < -0.39 is 188 Å².